The number of halogens is 2. The molecule has 112 valence electrons. The summed E-state index contributed by atoms with van der Waals surface area (Å²) in [6.45, 7) is 0. The van der Waals surface area contributed by atoms with Gasteiger partial charge < -0.3 is 14.6 Å². The number of ether oxygens (including phenoxy) is 2. The Bertz CT molecular complexity index is 609. The molecule has 0 fully saturated rings. The van der Waals surface area contributed by atoms with Gasteiger partial charge >= 0.3 is 0 Å². The van der Waals surface area contributed by atoms with Crippen molar-refractivity contribution in [3.63, 3.8) is 0 Å². The van der Waals surface area contributed by atoms with Gasteiger partial charge in [0.1, 0.15) is 17.3 Å². The van der Waals surface area contributed by atoms with Gasteiger partial charge in [-0.2, -0.15) is 0 Å². The first-order valence-corrected chi connectivity index (χ1v) is 6.76. The molecule has 0 spiro atoms. The third-order valence-corrected chi connectivity index (χ3v) is 3.48. The normalized spacial score (nSPS) is 12.0. The van der Waals surface area contributed by atoms with E-state index in [2.05, 4.69) is 0 Å². The van der Waals surface area contributed by atoms with Crippen molar-refractivity contribution in [2.75, 3.05) is 14.2 Å². The molecule has 1 N–H and O–H groups in total. The van der Waals surface area contributed by atoms with Gasteiger partial charge in [-0.15, -0.1) is 0 Å². The standard InChI is InChI=1S/C16H16ClFO3/c1-20-12-7-11(8-13(9-12)21-2)16(19)6-10-3-4-14(17)15(18)5-10/h3-5,7-9,16,19H,6H2,1-2H3. The second kappa shape index (κ2) is 6.78. The lowest BCUT2D eigenvalue weighted by molar-refractivity contribution is 0.177. The summed E-state index contributed by atoms with van der Waals surface area (Å²) in [5, 5.41) is 10.4. The third-order valence-electron chi connectivity index (χ3n) is 3.17. The maximum absolute atomic E-state index is 13.4. The van der Waals surface area contributed by atoms with Crippen LogP contribution in [0.4, 0.5) is 4.39 Å². The molecule has 0 saturated carbocycles. The summed E-state index contributed by atoms with van der Waals surface area (Å²) in [4.78, 5) is 0. The van der Waals surface area contributed by atoms with Crippen LogP contribution in [0.2, 0.25) is 5.02 Å². The molecule has 21 heavy (non-hydrogen) atoms. The van der Waals surface area contributed by atoms with E-state index in [0.29, 0.717) is 22.6 Å². The minimum Gasteiger partial charge on any atom is -0.497 e. The summed E-state index contributed by atoms with van der Waals surface area (Å²) >= 11 is 5.64. The van der Waals surface area contributed by atoms with E-state index in [4.69, 9.17) is 21.1 Å². The molecule has 0 heterocycles. The Balaban J connectivity index is 2.22. The molecule has 2 aromatic rings. The van der Waals surface area contributed by atoms with Crippen molar-refractivity contribution in [1.82, 2.24) is 0 Å². The molecule has 0 aliphatic rings. The predicted molar refractivity (Wildman–Crippen MR) is 79.6 cm³/mol. The Hall–Kier alpha value is -1.78. The van der Waals surface area contributed by atoms with Crippen LogP contribution >= 0.6 is 11.6 Å². The molecule has 2 aromatic carbocycles. The zero-order chi connectivity index (χ0) is 15.4. The van der Waals surface area contributed by atoms with Crippen LogP contribution in [-0.2, 0) is 6.42 Å². The maximum atomic E-state index is 13.4. The maximum Gasteiger partial charge on any atom is 0.142 e. The number of methoxy groups -OCH3 is 2. The number of benzene rings is 2. The lowest BCUT2D eigenvalue weighted by Gasteiger charge is -2.14. The molecule has 0 amide bonds. The molecule has 5 heteroatoms. The fraction of sp³-hybridized carbons (Fsp3) is 0.250. The first kappa shape index (κ1) is 15.6. The molecule has 1 atom stereocenters. The highest BCUT2D eigenvalue weighted by molar-refractivity contribution is 6.30. The van der Waals surface area contributed by atoms with Crippen molar-refractivity contribution in [2.45, 2.75) is 12.5 Å². The Kier molecular flexibility index (Phi) is 5.04. The third kappa shape index (κ3) is 3.86. The van der Waals surface area contributed by atoms with Crippen LogP contribution in [0.1, 0.15) is 17.2 Å². The predicted octanol–water partition coefficient (Wildman–Crippen LogP) is 3.77. The molecule has 0 aromatic heterocycles. The summed E-state index contributed by atoms with van der Waals surface area (Å²) in [5.41, 5.74) is 1.30. The van der Waals surface area contributed by atoms with Crippen molar-refractivity contribution in [1.29, 1.82) is 0 Å². The Morgan fingerprint density at radius 2 is 1.71 bits per heavy atom. The molecule has 1 unspecified atom stereocenters. The summed E-state index contributed by atoms with van der Waals surface area (Å²) < 4.78 is 23.7. The van der Waals surface area contributed by atoms with Gasteiger partial charge in [-0.1, -0.05) is 17.7 Å². The molecule has 0 bridgehead atoms. The topological polar surface area (TPSA) is 38.7 Å². The number of hydrogen-bond acceptors (Lipinski definition) is 3. The zero-order valence-electron chi connectivity index (χ0n) is 11.8. The van der Waals surface area contributed by atoms with E-state index in [9.17, 15) is 9.50 Å². The zero-order valence-corrected chi connectivity index (χ0v) is 12.5. The van der Waals surface area contributed by atoms with Crippen LogP contribution in [0.15, 0.2) is 36.4 Å². The Morgan fingerprint density at radius 3 is 2.24 bits per heavy atom. The van der Waals surface area contributed by atoms with Crippen LogP contribution < -0.4 is 9.47 Å². The van der Waals surface area contributed by atoms with Gasteiger partial charge in [-0.05, 0) is 35.4 Å². The number of rotatable bonds is 5. The first-order valence-electron chi connectivity index (χ1n) is 6.38. The smallest absolute Gasteiger partial charge is 0.142 e. The second-order valence-corrected chi connectivity index (χ2v) is 5.02. The largest absolute Gasteiger partial charge is 0.497 e. The molecule has 0 saturated heterocycles. The highest BCUT2D eigenvalue weighted by Gasteiger charge is 2.13. The van der Waals surface area contributed by atoms with Crippen molar-refractivity contribution in [3.05, 3.63) is 58.4 Å². The molecule has 3 nitrogen and oxygen atoms in total. The second-order valence-electron chi connectivity index (χ2n) is 4.61. The van der Waals surface area contributed by atoms with Gasteiger partial charge in [-0.3, -0.25) is 0 Å². The van der Waals surface area contributed by atoms with Crippen molar-refractivity contribution in [3.8, 4) is 11.5 Å². The highest BCUT2D eigenvalue weighted by atomic mass is 35.5. The summed E-state index contributed by atoms with van der Waals surface area (Å²) in [6, 6.07) is 9.65. The summed E-state index contributed by atoms with van der Waals surface area (Å²) in [6.07, 6.45) is -0.528. The molecule has 0 radical (unpaired) electrons. The van der Waals surface area contributed by atoms with E-state index in [0.717, 1.165) is 0 Å². The number of aliphatic hydroxyl groups excluding tert-OH is 1. The first-order chi connectivity index (χ1) is 10.0. The van der Waals surface area contributed by atoms with Crippen molar-refractivity contribution in [2.24, 2.45) is 0 Å². The fourth-order valence-corrected chi connectivity index (χ4v) is 2.15. The van der Waals surface area contributed by atoms with Crippen LogP contribution in [0, 0.1) is 5.82 Å². The van der Waals surface area contributed by atoms with E-state index < -0.39 is 11.9 Å². The van der Waals surface area contributed by atoms with E-state index in [-0.39, 0.29) is 11.4 Å². The SMILES string of the molecule is COc1cc(OC)cc(C(O)Cc2ccc(Cl)c(F)c2)c1. The number of aliphatic hydroxyl groups is 1. The van der Waals surface area contributed by atoms with Gasteiger partial charge in [0.25, 0.3) is 0 Å². The molecule has 0 aliphatic heterocycles. The Labute approximate surface area is 127 Å². The quantitative estimate of drug-likeness (QED) is 0.913. The molecule has 0 aliphatic carbocycles. The van der Waals surface area contributed by atoms with Crippen molar-refractivity contribution >= 4 is 11.6 Å². The summed E-state index contributed by atoms with van der Waals surface area (Å²) in [5.74, 6) is 0.681. The van der Waals surface area contributed by atoms with Gasteiger partial charge in [-0.25, -0.2) is 4.39 Å². The van der Waals surface area contributed by atoms with Crippen LogP contribution in [-0.4, -0.2) is 19.3 Å². The summed E-state index contributed by atoms with van der Waals surface area (Å²) in [7, 11) is 3.08. The Morgan fingerprint density at radius 1 is 1.10 bits per heavy atom. The molecule has 2 rings (SSSR count). The van der Waals surface area contributed by atoms with E-state index in [1.165, 1.54) is 12.1 Å². The average molecular weight is 311 g/mol. The van der Waals surface area contributed by atoms with Gasteiger partial charge in [0, 0.05) is 12.5 Å². The highest BCUT2D eigenvalue weighted by Crippen LogP contribution is 2.28. The van der Waals surface area contributed by atoms with Gasteiger partial charge in [0.2, 0.25) is 0 Å². The fourth-order valence-electron chi connectivity index (χ4n) is 2.03. The minimum absolute atomic E-state index is 0.0660. The van der Waals surface area contributed by atoms with E-state index in [1.807, 2.05) is 0 Å². The molecular formula is C16H16ClFO3. The average Bonchev–Trinajstić information content (AvgIpc) is 2.50. The van der Waals surface area contributed by atoms with E-state index >= 15 is 0 Å². The van der Waals surface area contributed by atoms with Crippen LogP contribution in [0.25, 0.3) is 0 Å². The van der Waals surface area contributed by atoms with E-state index in [1.54, 1.807) is 38.5 Å². The van der Waals surface area contributed by atoms with Crippen LogP contribution in [0.3, 0.4) is 0 Å². The van der Waals surface area contributed by atoms with Crippen LogP contribution in [0.5, 0.6) is 11.5 Å². The lowest BCUT2D eigenvalue weighted by atomic mass is 10.0. The molecular weight excluding hydrogens is 295 g/mol. The van der Waals surface area contributed by atoms with Gasteiger partial charge in [0.05, 0.1) is 25.3 Å². The minimum atomic E-state index is -0.797. The van der Waals surface area contributed by atoms with Gasteiger partial charge in [0.15, 0.2) is 0 Å². The lowest BCUT2D eigenvalue weighted by Crippen LogP contribution is -2.03. The monoisotopic (exact) mass is 310 g/mol. The number of hydrogen-bond donors (Lipinski definition) is 1. The van der Waals surface area contributed by atoms with Crippen molar-refractivity contribution < 1.29 is 19.0 Å².